The van der Waals surface area contributed by atoms with Gasteiger partial charge in [0.25, 0.3) is 6.71 Å². The lowest BCUT2D eigenvalue weighted by Crippen LogP contribution is -2.61. The third kappa shape index (κ3) is 10.5. The van der Waals surface area contributed by atoms with Gasteiger partial charge >= 0.3 is 0 Å². The standard InChI is InChI=1S/C114H71BN4O/c1-8-29-72(30-9-1)83-64-92(74-33-12-3-13-34-74)113(93(65-83)75-35-14-4-15-36-75)118-105-68-81(78-53-58-103-96(61-78)88-44-23-25-48-101(88)116(103)86-41-20-7-21-42-86)51-56-99(105)115-100-57-52-82(79-55-60-110-98(63-79)89-45-24-27-50-109(89)120-110)69-106(100)119(114-94(76-37-16-5-17-38-76)66-84(73-31-10-2-11-32-73)67-95(114)77-39-18-6-19-40-77)108-71-85(70-107(118)111(108)115)80-54-59-104-97(62-80)91-47-28-46-90-87-43-22-26-49-102(87)117(104)112(90)91/h1-71H. The van der Waals surface area contributed by atoms with Gasteiger partial charge in [-0.1, -0.05) is 315 Å². The number of anilines is 6. The van der Waals surface area contributed by atoms with Gasteiger partial charge < -0.3 is 23.2 Å². The van der Waals surface area contributed by atoms with E-state index < -0.39 is 0 Å². The number of hydrogen-bond donors (Lipinski definition) is 0. The van der Waals surface area contributed by atoms with E-state index in [1.54, 1.807) is 0 Å². The van der Waals surface area contributed by atoms with E-state index in [2.05, 4.69) is 449 Å². The fourth-order valence-corrected chi connectivity index (χ4v) is 20.2. The fraction of sp³-hybridized carbons (Fsp3) is 0. The van der Waals surface area contributed by atoms with Crippen molar-refractivity contribution in [2.75, 3.05) is 9.80 Å². The van der Waals surface area contributed by atoms with E-state index in [-0.39, 0.29) is 6.71 Å². The first-order chi connectivity index (χ1) is 59.5. The monoisotopic (exact) mass is 1520 g/mol. The summed E-state index contributed by atoms with van der Waals surface area (Å²) in [7, 11) is 0. The van der Waals surface area contributed by atoms with Crippen LogP contribution in [0.5, 0.6) is 0 Å². The van der Waals surface area contributed by atoms with Gasteiger partial charge in [0, 0.05) is 93.8 Å². The average molecular weight is 1520 g/mol. The van der Waals surface area contributed by atoms with Crippen LogP contribution >= 0.6 is 0 Å². The van der Waals surface area contributed by atoms with Gasteiger partial charge in [-0.2, -0.15) is 0 Å². The second-order valence-electron chi connectivity index (χ2n) is 32.1. The second kappa shape index (κ2) is 26.9. The van der Waals surface area contributed by atoms with E-state index in [9.17, 15) is 0 Å². The molecule has 0 radical (unpaired) electrons. The molecule has 0 fully saturated rings. The van der Waals surface area contributed by atoms with Crippen LogP contribution in [0.25, 0.3) is 188 Å². The van der Waals surface area contributed by atoms with Crippen LogP contribution < -0.4 is 26.2 Å². The van der Waals surface area contributed by atoms with Crippen molar-refractivity contribution in [3.8, 4) is 106 Å². The van der Waals surface area contributed by atoms with Crippen molar-refractivity contribution >= 4 is 139 Å². The highest BCUT2D eigenvalue weighted by molar-refractivity contribution is 7.00. The highest BCUT2D eigenvalue weighted by Gasteiger charge is 2.46. The van der Waals surface area contributed by atoms with Crippen LogP contribution in [0.15, 0.2) is 435 Å². The van der Waals surface area contributed by atoms with Crippen molar-refractivity contribution in [3.05, 3.63) is 431 Å². The Morgan fingerprint density at radius 3 is 1.05 bits per heavy atom. The molecule has 2 aliphatic heterocycles. The average Bonchev–Trinajstić information content (AvgIpc) is 0.862. The van der Waals surface area contributed by atoms with Crippen LogP contribution in [-0.4, -0.2) is 15.7 Å². The number of nitrogens with zero attached hydrogens (tertiary/aromatic N) is 4. The Kier molecular flexibility index (Phi) is 15.2. The van der Waals surface area contributed by atoms with Crippen LogP contribution in [0.2, 0.25) is 0 Å². The van der Waals surface area contributed by atoms with Gasteiger partial charge in [0.1, 0.15) is 11.2 Å². The number of aromatic nitrogens is 2. The topological polar surface area (TPSA) is 29.0 Å². The summed E-state index contributed by atoms with van der Waals surface area (Å²) < 4.78 is 11.5. The fourth-order valence-electron chi connectivity index (χ4n) is 20.2. The van der Waals surface area contributed by atoms with Crippen LogP contribution in [0, 0.1) is 0 Å². The summed E-state index contributed by atoms with van der Waals surface area (Å²) in [6, 6.07) is 161. The van der Waals surface area contributed by atoms with Crippen molar-refractivity contribution in [3.63, 3.8) is 0 Å². The number of benzene rings is 19. The summed E-state index contributed by atoms with van der Waals surface area (Å²) >= 11 is 0. The van der Waals surface area contributed by atoms with E-state index in [1.807, 2.05) is 0 Å². The first kappa shape index (κ1) is 67.6. The maximum absolute atomic E-state index is 6.60. The van der Waals surface area contributed by atoms with Crippen LogP contribution in [0.1, 0.15) is 0 Å². The van der Waals surface area contributed by atoms with Crippen LogP contribution in [-0.2, 0) is 0 Å². The highest BCUT2D eigenvalue weighted by atomic mass is 16.3. The molecule has 23 aromatic rings. The number of para-hydroxylation sites is 5. The molecule has 4 aromatic heterocycles. The second-order valence-corrected chi connectivity index (χ2v) is 32.1. The van der Waals surface area contributed by atoms with Crippen LogP contribution in [0.3, 0.4) is 0 Å². The molecule has 25 rings (SSSR count). The summed E-state index contributed by atoms with van der Waals surface area (Å²) in [5.74, 6) is 0. The van der Waals surface area contributed by atoms with Gasteiger partial charge in [-0.25, -0.2) is 0 Å². The molecule has 0 aliphatic carbocycles. The lowest BCUT2D eigenvalue weighted by Gasteiger charge is -2.46. The molecule has 0 atom stereocenters. The molecule has 0 amide bonds. The number of fused-ring (bicyclic) bond motifs is 16. The number of rotatable bonds is 12. The first-order valence-corrected chi connectivity index (χ1v) is 41.5. The molecule has 2 aliphatic rings. The summed E-state index contributed by atoms with van der Waals surface area (Å²) in [6.45, 7) is -0.319. The molecule has 0 unspecified atom stereocenters. The van der Waals surface area contributed by atoms with E-state index in [0.717, 1.165) is 167 Å². The predicted molar refractivity (Wildman–Crippen MR) is 506 cm³/mol. The molecule has 0 saturated carbocycles. The normalized spacial score (nSPS) is 12.4. The Labute approximate surface area is 694 Å². The van der Waals surface area contributed by atoms with E-state index >= 15 is 0 Å². The van der Waals surface area contributed by atoms with Gasteiger partial charge in [-0.15, -0.1) is 0 Å². The molecule has 0 bridgehead atoms. The lowest BCUT2D eigenvalue weighted by molar-refractivity contribution is 0.669. The minimum atomic E-state index is -0.319. The van der Waals surface area contributed by atoms with Crippen molar-refractivity contribution in [1.82, 2.24) is 8.97 Å². The minimum Gasteiger partial charge on any atom is -0.456 e. The quantitative estimate of drug-likeness (QED) is 0.114. The third-order valence-electron chi connectivity index (χ3n) is 25.6. The predicted octanol–water partition coefficient (Wildman–Crippen LogP) is 28.9. The van der Waals surface area contributed by atoms with Gasteiger partial charge in [-0.05, 0) is 210 Å². The Balaban J connectivity index is 0.847. The van der Waals surface area contributed by atoms with Crippen molar-refractivity contribution in [2.24, 2.45) is 0 Å². The van der Waals surface area contributed by atoms with E-state index in [1.165, 1.54) is 70.8 Å². The van der Waals surface area contributed by atoms with Gasteiger partial charge in [0.15, 0.2) is 0 Å². The molecule has 6 heterocycles. The van der Waals surface area contributed by atoms with Crippen molar-refractivity contribution in [1.29, 1.82) is 0 Å². The van der Waals surface area contributed by atoms with Crippen molar-refractivity contribution < 1.29 is 4.42 Å². The molecule has 0 saturated heterocycles. The minimum absolute atomic E-state index is 0.319. The summed E-state index contributed by atoms with van der Waals surface area (Å²) in [5.41, 5.74) is 38.9. The maximum atomic E-state index is 6.60. The van der Waals surface area contributed by atoms with Crippen molar-refractivity contribution in [2.45, 2.75) is 0 Å². The first-order valence-electron chi connectivity index (χ1n) is 41.5. The van der Waals surface area contributed by atoms with E-state index in [0.29, 0.717) is 0 Å². The zero-order valence-corrected chi connectivity index (χ0v) is 65.3. The largest absolute Gasteiger partial charge is 0.456 e. The Morgan fingerprint density at radius 1 is 0.200 bits per heavy atom. The highest BCUT2D eigenvalue weighted by Crippen LogP contribution is 2.57. The molecule has 556 valence electrons. The van der Waals surface area contributed by atoms with Gasteiger partial charge in [0.05, 0.1) is 39.0 Å². The molecule has 5 nitrogen and oxygen atoms in total. The van der Waals surface area contributed by atoms with Crippen LogP contribution in [0.4, 0.5) is 34.1 Å². The third-order valence-corrected chi connectivity index (χ3v) is 25.6. The number of furan rings is 1. The maximum Gasteiger partial charge on any atom is 0.252 e. The Morgan fingerprint density at radius 2 is 0.533 bits per heavy atom. The molecule has 0 spiro atoms. The molecule has 19 aromatic carbocycles. The van der Waals surface area contributed by atoms with Gasteiger partial charge in [-0.3, -0.25) is 0 Å². The molecule has 0 N–H and O–H groups in total. The Bertz CT molecular complexity index is 7940. The zero-order chi connectivity index (χ0) is 78.6. The summed E-state index contributed by atoms with van der Waals surface area (Å²) in [6.07, 6.45) is 0. The molecule has 6 heteroatoms. The SMILES string of the molecule is c1ccc(-c2cc(-c3ccccc3)c(N3c4cc(-c5ccc6oc7ccccc7c6c5)ccc4B4c5ccc(-c6ccc7c(c6)c6ccccc6n7-c6ccccc6)cc5N(c5c(-c6ccccc6)cc(-c6ccccc6)cc5-c5ccccc5)c5cc(-c6ccc7c(c6)c6cccc8c9ccccc9n7c86)cc3c54)c(-c3ccccc3)c2)cc1. The van der Waals surface area contributed by atoms with Gasteiger partial charge in [0.2, 0.25) is 0 Å². The lowest BCUT2D eigenvalue weighted by atomic mass is 9.33. The van der Waals surface area contributed by atoms with E-state index in [4.69, 9.17) is 4.42 Å². The smallest absolute Gasteiger partial charge is 0.252 e. The number of hydrogen-bond acceptors (Lipinski definition) is 3. The molecule has 120 heavy (non-hydrogen) atoms. The molecular weight excluding hydrogens is 1450 g/mol. The Hall–Kier alpha value is -15.8. The zero-order valence-electron chi connectivity index (χ0n) is 65.3. The summed E-state index contributed by atoms with van der Waals surface area (Å²) in [4.78, 5) is 5.43. The molecular formula is C114H71BN4O. The summed E-state index contributed by atoms with van der Waals surface area (Å²) in [5, 5.41) is 9.52.